The van der Waals surface area contributed by atoms with E-state index in [-0.39, 0.29) is 24.0 Å². The van der Waals surface area contributed by atoms with Crippen molar-refractivity contribution >= 4 is 47.5 Å². The van der Waals surface area contributed by atoms with E-state index in [1.165, 1.54) is 17.7 Å². The Labute approximate surface area is 123 Å². The van der Waals surface area contributed by atoms with Gasteiger partial charge in [0.2, 0.25) is 0 Å². The molecule has 1 aromatic rings. The molecule has 2 aliphatic rings. The quantitative estimate of drug-likeness (QED) is 0.702. The zero-order valence-corrected chi connectivity index (χ0v) is 13.2. The Bertz CT molecular complexity index is 372. The van der Waals surface area contributed by atoms with E-state index >= 15 is 0 Å². The third kappa shape index (κ3) is 2.26. The Balaban J connectivity index is 0.000000963. The van der Waals surface area contributed by atoms with Gasteiger partial charge in [-0.1, -0.05) is 24.3 Å². The van der Waals surface area contributed by atoms with Gasteiger partial charge in [-0.05, 0) is 23.8 Å². The van der Waals surface area contributed by atoms with Gasteiger partial charge < -0.3 is 0 Å². The number of hydrogen-bond donors (Lipinski definition) is 0. The summed E-state index contributed by atoms with van der Waals surface area (Å²) in [5.74, 6) is 1.31. The zero-order valence-electron chi connectivity index (χ0n) is 9.26. The number of fused-ring (bicyclic) bond motifs is 2. The van der Waals surface area contributed by atoms with Crippen molar-refractivity contribution in [2.24, 2.45) is 0 Å². The smallest absolute Gasteiger partial charge is 0.103 e. The summed E-state index contributed by atoms with van der Waals surface area (Å²) in [6, 6.07) is 9.69. The van der Waals surface area contributed by atoms with E-state index in [1.54, 1.807) is 5.56 Å². The van der Waals surface area contributed by atoms with Crippen LogP contribution in [0.4, 0.5) is 0 Å². The Hall–Kier alpha value is 0.610. The maximum absolute atomic E-state index is 2.66. The summed E-state index contributed by atoms with van der Waals surface area (Å²) in [5, 5.41) is 0. The molecule has 0 saturated carbocycles. The van der Waals surface area contributed by atoms with Gasteiger partial charge in [0.1, 0.15) is 4.71 Å². The van der Waals surface area contributed by atoms with Crippen molar-refractivity contribution in [1.29, 1.82) is 0 Å². The van der Waals surface area contributed by atoms with Gasteiger partial charge in [0.15, 0.2) is 0 Å². The standard InChI is InChI=1S/C12H15NS2.HI/c1-14-12-13-7-10-5-3-2-4-9(10)6-11(13)8-15-12;/h2-5,11-12H,6-8H2,1H3;1H/t11-,12?;/m1./s1. The van der Waals surface area contributed by atoms with Gasteiger partial charge in [0, 0.05) is 18.3 Å². The molecule has 3 rings (SSSR count). The Kier molecular flexibility index (Phi) is 4.49. The van der Waals surface area contributed by atoms with Crippen LogP contribution in [0.25, 0.3) is 0 Å². The fourth-order valence-corrected chi connectivity index (χ4v) is 4.93. The monoisotopic (exact) mass is 365 g/mol. The van der Waals surface area contributed by atoms with Crippen LogP contribution in [0.1, 0.15) is 11.1 Å². The van der Waals surface area contributed by atoms with Crippen LogP contribution in [-0.4, -0.2) is 27.7 Å². The molecule has 88 valence electrons. The van der Waals surface area contributed by atoms with Crippen molar-refractivity contribution in [1.82, 2.24) is 4.90 Å². The molecule has 1 saturated heterocycles. The van der Waals surface area contributed by atoms with E-state index < -0.39 is 0 Å². The number of thioether (sulfide) groups is 2. The maximum Gasteiger partial charge on any atom is 0.103 e. The second-order valence-corrected chi connectivity index (χ2v) is 6.50. The highest BCUT2D eigenvalue weighted by molar-refractivity contribution is 14.0. The van der Waals surface area contributed by atoms with Crippen LogP contribution in [0, 0.1) is 0 Å². The summed E-state index contributed by atoms with van der Waals surface area (Å²) in [5.41, 5.74) is 3.11. The largest absolute Gasteiger partial charge is 0.275 e. The maximum atomic E-state index is 2.66. The van der Waals surface area contributed by atoms with Gasteiger partial charge in [0.25, 0.3) is 0 Å². The van der Waals surface area contributed by atoms with Gasteiger partial charge >= 0.3 is 0 Å². The summed E-state index contributed by atoms with van der Waals surface area (Å²) >= 11 is 4.09. The minimum atomic E-state index is 0. The van der Waals surface area contributed by atoms with Crippen molar-refractivity contribution in [2.45, 2.75) is 23.7 Å². The summed E-state index contributed by atoms with van der Waals surface area (Å²) in [4.78, 5) is 2.66. The van der Waals surface area contributed by atoms with Gasteiger partial charge in [-0.15, -0.1) is 47.5 Å². The Morgan fingerprint density at radius 2 is 2.06 bits per heavy atom. The number of hydrogen-bond acceptors (Lipinski definition) is 3. The third-order valence-corrected chi connectivity index (χ3v) is 6.09. The molecule has 0 bridgehead atoms. The molecule has 2 aliphatic heterocycles. The lowest BCUT2D eigenvalue weighted by Crippen LogP contribution is -2.39. The molecule has 1 nitrogen and oxygen atoms in total. The molecule has 16 heavy (non-hydrogen) atoms. The number of halogens is 1. The molecule has 2 heterocycles. The summed E-state index contributed by atoms with van der Waals surface area (Å²) in [7, 11) is 0. The third-order valence-electron chi connectivity index (χ3n) is 3.30. The topological polar surface area (TPSA) is 3.24 Å². The lowest BCUT2D eigenvalue weighted by atomic mass is 9.95. The van der Waals surface area contributed by atoms with Gasteiger partial charge in [-0.2, -0.15) is 0 Å². The molecule has 1 fully saturated rings. The Morgan fingerprint density at radius 3 is 2.81 bits per heavy atom. The normalized spacial score (nSPS) is 28.1. The van der Waals surface area contributed by atoms with Crippen molar-refractivity contribution < 1.29 is 0 Å². The first kappa shape index (κ1) is 13.1. The van der Waals surface area contributed by atoms with Gasteiger partial charge in [-0.3, -0.25) is 4.90 Å². The van der Waals surface area contributed by atoms with Crippen molar-refractivity contribution in [3.8, 4) is 0 Å². The number of benzene rings is 1. The fraction of sp³-hybridized carbons (Fsp3) is 0.500. The van der Waals surface area contributed by atoms with E-state index in [1.807, 2.05) is 11.8 Å². The van der Waals surface area contributed by atoms with Crippen LogP contribution < -0.4 is 0 Å². The molecule has 0 spiro atoms. The minimum Gasteiger partial charge on any atom is -0.275 e. The van der Waals surface area contributed by atoms with E-state index in [0.717, 1.165) is 12.6 Å². The molecule has 4 heteroatoms. The average molecular weight is 365 g/mol. The second kappa shape index (κ2) is 5.50. The fourth-order valence-electron chi connectivity index (χ4n) is 2.50. The van der Waals surface area contributed by atoms with Crippen molar-refractivity contribution in [3.05, 3.63) is 35.4 Å². The average Bonchev–Trinajstić information content (AvgIpc) is 2.68. The molecule has 0 aromatic heterocycles. The van der Waals surface area contributed by atoms with E-state index in [0.29, 0.717) is 4.71 Å². The van der Waals surface area contributed by atoms with E-state index in [2.05, 4.69) is 47.2 Å². The molecule has 0 N–H and O–H groups in total. The predicted molar refractivity (Wildman–Crippen MR) is 84.7 cm³/mol. The molecule has 1 unspecified atom stereocenters. The second-order valence-electron chi connectivity index (χ2n) is 4.18. The zero-order chi connectivity index (χ0) is 10.3. The molecule has 0 aliphatic carbocycles. The van der Waals surface area contributed by atoms with Crippen molar-refractivity contribution in [3.63, 3.8) is 0 Å². The number of rotatable bonds is 1. The first-order valence-electron chi connectivity index (χ1n) is 5.35. The molecule has 0 radical (unpaired) electrons. The SMILES string of the molecule is CSC1SC[C@H]2Cc3ccccc3CN12.I. The Morgan fingerprint density at radius 1 is 1.31 bits per heavy atom. The first-order valence-corrected chi connectivity index (χ1v) is 7.69. The molecular formula is C12H16INS2. The predicted octanol–water partition coefficient (Wildman–Crippen LogP) is 3.42. The van der Waals surface area contributed by atoms with Crippen LogP contribution in [0.5, 0.6) is 0 Å². The number of nitrogens with zero attached hydrogens (tertiary/aromatic N) is 1. The van der Waals surface area contributed by atoms with E-state index in [4.69, 9.17) is 0 Å². The summed E-state index contributed by atoms with van der Waals surface area (Å²) < 4.78 is 0.684. The van der Waals surface area contributed by atoms with Crippen LogP contribution >= 0.6 is 47.5 Å². The van der Waals surface area contributed by atoms with Gasteiger partial charge in [0.05, 0.1) is 0 Å². The van der Waals surface area contributed by atoms with E-state index in [9.17, 15) is 0 Å². The molecule has 2 atom stereocenters. The van der Waals surface area contributed by atoms with Crippen LogP contribution in [-0.2, 0) is 13.0 Å². The molecule has 1 aromatic carbocycles. The highest BCUT2D eigenvalue weighted by Gasteiger charge is 2.36. The van der Waals surface area contributed by atoms with Crippen LogP contribution in [0.15, 0.2) is 24.3 Å². The van der Waals surface area contributed by atoms with Crippen molar-refractivity contribution in [2.75, 3.05) is 12.0 Å². The van der Waals surface area contributed by atoms with Crippen LogP contribution in [0.2, 0.25) is 0 Å². The minimum absolute atomic E-state index is 0. The molecule has 0 amide bonds. The highest BCUT2D eigenvalue weighted by Crippen LogP contribution is 2.40. The lowest BCUT2D eigenvalue weighted by molar-refractivity contribution is 0.225. The first-order chi connectivity index (χ1) is 7.38. The van der Waals surface area contributed by atoms with Crippen LogP contribution in [0.3, 0.4) is 0 Å². The highest BCUT2D eigenvalue weighted by atomic mass is 127. The van der Waals surface area contributed by atoms with Gasteiger partial charge in [-0.25, -0.2) is 0 Å². The summed E-state index contributed by atoms with van der Waals surface area (Å²) in [6.07, 6.45) is 3.47. The lowest BCUT2D eigenvalue weighted by Gasteiger charge is -2.33. The molecular weight excluding hydrogens is 349 g/mol. The summed E-state index contributed by atoms with van der Waals surface area (Å²) in [6.45, 7) is 1.15.